The number of anilines is 2. The molecule has 0 bridgehead atoms. The Kier molecular flexibility index (Phi) is 4.98. The molecule has 1 aromatic rings. The van der Waals surface area contributed by atoms with E-state index < -0.39 is 0 Å². The summed E-state index contributed by atoms with van der Waals surface area (Å²) in [4.78, 5) is 24.7. The molecule has 2 aliphatic heterocycles. The van der Waals surface area contributed by atoms with Gasteiger partial charge in [0.05, 0.1) is 0 Å². The molecule has 0 saturated carbocycles. The number of hydrogen-bond acceptors (Lipinski definition) is 5. The maximum atomic E-state index is 11.2. The van der Waals surface area contributed by atoms with Crippen LogP contribution in [0.3, 0.4) is 0 Å². The fraction of sp³-hybridized carbons (Fsp3) is 0.706. The molecule has 2 N–H and O–H groups in total. The Balaban J connectivity index is 1.70. The van der Waals surface area contributed by atoms with Crippen molar-refractivity contribution in [1.82, 2.24) is 9.97 Å². The van der Waals surface area contributed by atoms with Crippen LogP contribution in [0.1, 0.15) is 39.0 Å². The van der Waals surface area contributed by atoms with Gasteiger partial charge in [-0.25, -0.2) is 9.97 Å². The Hall–Kier alpha value is -1.85. The molecule has 3 heterocycles. The van der Waals surface area contributed by atoms with Gasteiger partial charge in [-0.3, -0.25) is 4.79 Å². The van der Waals surface area contributed by atoms with E-state index in [1.54, 1.807) is 6.33 Å². The third kappa shape index (κ3) is 4.12. The maximum absolute atomic E-state index is 11.2. The summed E-state index contributed by atoms with van der Waals surface area (Å²) in [7, 11) is 0. The van der Waals surface area contributed by atoms with Crippen molar-refractivity contribution in [2.75, 3.05) is 36.0 Å². The van der Waals surface area contributed by atoms with Gasteiger partial charge in [-0.2, -0.15) is 0 Å². The molecule has 2 fully saturated rings. The Morgan fingerprint density at radius 3 is 2.48 bits per heavy atom. The van der Waals surface area contributed by atoms with E-state index in [4.69, 9.17) is 5.73 Å². The second-order valence-corrected chi connectivity index (χ2v) is 7.05. The third-order valence-corrected chi connectivity index (χ3v) is 4.95. The molecule has 1 amide bonds. The van der Waals surface area contributed by atoms with E-state index in [9.17, 15) is 4.79 Å². The number of nitrogens with two attached hydrogens (primary N) is 1. The molecule has 2 atom stereocenters. The summed E-state index contributed by atoms with van der Waals surface area (Å²) in [6, 6.07) is 2.10. The first-order valence-electron chi connectivity index (χ1n) is 8.72. The minimum Gasteiger partial charge on any atom is -0.370 e. The van der Waals surface area contributed by atoms with Gasteiger partial charge in [0, 0.05) is 38.7 Å². The highest BCUT2D eigenvalue weighted by molar-refractivity contribution is 5.74. The van der Waals surface area contributed by atoms with Crippen LogP contribution in [-0.4, -0.2) is 42.1 Å². The van der Waals surface area contributed by atoms with Gasteiger partial charge < -0.3 is 15.5 Å². The Labute approximate surface area is 138 Å². The predicted molar refractivity (Wildman–Crippen MR) is 91.4 cm³/mol. The van der Waals surface area contributed by atoms with Crippen molar-refractivity contribution < 1.29 is 4.79 Å². The van der Waals surface area contributed by atoms with Crippen molar-refractivity contribution in [3.8, 4) is 0 Å². The van der Waals surface area contributed by atoms with Crippen LogP contribution >= 0.6 is 0 Å². The molecule has 2 unspecified atom stereocenters. The van der Waals surface area contributed by atoms with E-state index in [2.05, 4.69) is 32.8 Å². The molecular weight excluding hydrogens is 290 g/mol. The van der Waals surface area contributed by atoms with Crippen molar-refractivity contribution in [2.45, 2.75) is 39.0 Å². The molecule has 23 heavy (non-hydrogen) atoms. The zero-order valence-corrected chi connectivity index (χ0v) is 13.9. The van der Waals surface area contributed by atoms with Gasteiger partial charge in [-0.15, -0.1) is 0 Å². The number of amides is 1. The monoisotopic (exact) mass is 317 g/mol. The summed E-state index contributed by atoms with van der Waals surface area (Å²) in [6.07, 6.45) is 6.82. The van der Waals surface area contributed by atoms with E-state index in [1.165, 1.54) is 12.8 Å². The average molecular weight is 317 g/mol. The number of primary amides is 1. The standard InChI is InChI=1S/C17H27N5O/c1-13-4-2-6-21(10-13)16-9-17(20-12-19-16)22-7-3-5-14(11-22)8-15(18)23/h9,12-14H,2-8,10-11H2,1H3,(H2,18,23). The number of hydrogen-bond donors (Lipinski definition) is 1. The molecule has 0 aliphatic carbocycles. The van der Waals surface area contributed by atoms with E-state index in [0.29, 0.717) is 12.3 Å². The number of rotatable bonds is 4. The Morgan fingerprint density at radius 1 is 1.17 bits per heavy atom. The minimum atomic E-state index is -0.206. The van der Waals surface area contributed by atoms with Gasteiger partial charge in [0.15, 0.2) is 0 Å². The maximum Gasteiger partial charge on any atom is 0.217 e. The van der Waals surface area contributed by atoms with E-state index in [-0.39, 0.29) is 5.91 Å². The summed E-state index contributed by atoms with van der Waals surface area (Å²) < 4.78 is 0. The molecule has 3 rings (SSSR count). The number of carbonyl (C=O) groups is 1. The topological polar surface area (TPSA) is 75.3 Å². The number of carbonyl (C=O) groups excluding carboxylic acids is 1. The zero-order chi connectivity index (χ0) is 16.2. The average Bonchev–Trinajstić information content (AvgIpc) is 2.55. The highest BCUT2D eigenvalue weighted by Crippen LogP contribution is 2.27. The van der Waals surface area contributed by atoms with Gasteiger partial charge in [0.1, 0.15) is 18.0 Å². The lowest BCUT2D eigenvalue weighted by Crippen LogP contribution is -2.38. The van der Waals surface area contributed by atoms with Crippen LogP contribution in [-0.2, 0) is 4.79 Å². The number of piperidine rings is 2. The second-order valence-electron chi connectivity index (χ2n) is 7.05. The third-order valence-electron chi connectivity index (χ3n) is 4.95. The van der Waals surface area contributed by atoms with Gasteiger partial charge >= 0.3 is 0 Å². The first kappa shape index (κ1) is 16.0. The largest absolute Gasteiger partial charge is 0.370 e. The molecule has 2 aliphatic rings. The summed E-state index contributed by atoms with van der Waals surface area (Å²) in [5.41, 5.74) is 5.35. The van der Waals surface area contributed by atoms with Crippen LogP contribution in [0.15, 0.2) is 12.4 Å². The van der Waals surface area contributed by atoms with Crippen molar-refractivity contribution in [2.24, 2.45) is 17.6 Å². The minimum absolute atomic E-state index is 0.206. The van der Waals surface area contributed by atoms with Crippen molar-refractivity contribution in [1.29, 1.82) is 0 Å². The van der Waals surface area contributed by atoms with Gasteiger partial charge in [0.25, 0.3) is 0 Å². The highest BCUT2D eigenvalue weighted by Gasteiger charge is 2.24. The number of aromatic nitrogens is 2. The fourth-order valence-electron chi connectivity index (χ4n) is 3.80. The quantitative estimate of drug-likeness (QED) is 0.916. The highest BCUT2D eigenvalue weighted by atomic mass is 16.1. The van der Waals surface area contributed by atoms with E-state index in [1.807, 2.05) is 0 Å². The first-order chi connectivity index (χ1) is 11.1. The van der Waals surface area contributed by atoms with Gasteiger partial charge in [0.2, 0.25) is 5.91 Å². The second kappa shape index (κ2) is 7.15. The molecule has 0 spiro atoms. The molecule has 1 aromatic heterocycles. The van der Waals surface area contributed by atoms with E-state index >= 15 is 0 Å². The number of nitrogens with zero attached hydrogens (tertiary/aromatic N) is 4. The normalized spacial score (nSPS) is 25.4. The molecule has 2 saturated heterocycles. The lowest BCUT2D eigenvalue weighted by atomic mass is 9.94. The van der Waals surface area contributed by atoms with Crippen LogP contribution in [0.5, 0.6) is 0 Å². The van der Waals surface area contributed by atoms with Crippen LogP contribution in [0.25, 0.3) is 0 Å². The lowest BCUT2D eigenvalue weighted by molar-refractivity contribution is -0.118. The van der Waals surface area contributed by atoms with Crippen LogP contribution in [0.2, 0.25) is 0 Å². The van der Waals surface area contributed by atoms with Crippen LogP contribution < -0.4 is 15.5 Å². The molecule has 0 radical (unpaired) electrons. The molecular formula is C17H27N5O. The molecule has 6 heteroatoms. The van der Waals surface area contributed by atoms with E-state index in [0.717, 1.165) is 56.6 Å². The smallest absolute Gasteiger partial charge is 0.217 e. The summed E-state index contributed by atoms with van der Waals surface area (Å²) in [6.45, 7) is 6.29. The van der Waals surface area contributed by atoms with Gasteiger partial charge in [-0.05, 0) is 37.5 Å². The van der Waals surface area contributed by atoms with Gasteiger partial charge in [-0.1, -0.05) is 6.92 Å². The fourth-order valence-corrected chi connectivity index (χ4v) is 3.80. The molecule has 0 aromatic carbocycles. The van der Waals surface area contributed by atoms with Crippen LogP contribution in [0.4, 0.5) is 11.6 Å². The Morgan fingerprint density at radius 2 is 1.83 bits per heavy atom. The molecule has 126 valence electrons. The molecule has 6 nitrogen and oxygen atoms in total. The summed E-state index contributed by atoms with van der Waals surface area (Å²) in [5, 5.41) is 0. The van der Waals surface area contributed by atoms with Crippen molar-refractivity contribution in [3.05, 3.63) is 12.4 Å². The van der Waals surface area contributed by atoms with Crippen LogP contribution in [0, 0.1) is 11.8 Å². The van der Waals surface area contributed by atoms with Crippen molar-refractivity contribution >= 4 is 17.5 Å². The summed E-state index contributed by atoms with van der Waals surface area (Å²) in [5.74, 6) is 2.86. The lowest BCUT2D eigenvalue weighted by Gasteiger charge is -2.35. The first-order valence-corrected chi connectivity index (χ1v) is 8.72. The van der Waals surface area contributed by atoms with Crippen molar-refractivity contribution in [3.63, 3.8) is 0 Å². The predicted octanol–water partition coefficient (Wildman–Crippen LogP) is 1.80. The Bertz CT molecular complexity index is 550. The SMILES string of the molecule is CC1CCCN(c2cc(N3CCCC(CC(N)=O)C3)ncn2)C1. The summed E-state index contributed by atoms with van der Waals surface area (Å²) >= 11 is 0. The zero-order valence-electron chi connectivity index (χ0n) is 13.9.